The number of likely N-dealkylation sites (N-methyl/N-ethyl adjacent to an activating group) is 1. The molecule has 96 valence electrons. The number of rotatable bonds is 3. The van der Waals surface area contributed by atoms with Crippen LogP contribution in [0.25, 0.3) is 11.2 Å². The van der Waals surface area contributed by atoms with E-state index in [2.05, 4.69) is 26.5 Å². The zero-order valence-electron chi connectivity index (χ0n) is 10.6. The number of hydrogen-bond acceptors (Lipinski definition) is 4. The Morgan fingerprint density at radius 2 is 2.39 bits per heavy atom. The van der Waals surface area contributed by atoms with Crippen molar-refractivity contribution >= 4 is 11.2 Å². The summed E-state index contributed by atoms with van der Waals surface area (Å²) in [5.41, 5.74) is 1.87. The molecule has 0 aromatic carbocycles. The topological polar surface area (TPSA) is 54.2 Å². The van der Waals surface area contributed by atoms with Crippen molar-refractivity contribution in [2.24, 2.45) is 0 Å². The smallest absolute Gasteiger partial charge is 0.160 e. The molecule has 0 spiro atoms. The van der Waals surface area contributed by atoms with E-state index in [4.69, 9.17) is 0 Å². The highest BCUT2D eigenvalue weighted by Gasteiger charge is 2.25. The van der Waals surface area contributed by atoms with Gasteiger partial charge in [0.25, 0.3) is 0 Å². The second-order valence-electron chi connectivity index (χ2n) is 4.92. The lowest BCUT2D eigenvalue weighted by molar-refractivity contribution is 0.292. The number of aromatic nitrogens is 3. The molecule has 2 aromatic heterocycles. The first-order valence-corrected chi connectivity index (χ1v) is 6.41. The molecule has 5 heteroatoms. The second-order valence-corrected chi connectivity index (χ2v) is 4.92. The fraction of sp³-hybridized carbons (Fsp3) is 0.538. The van der Waals surface area contributed by atoms with Crippen molar-refractivity contribution in [2.45, 2.75) is 18.9 Å². The van der Waals surface area contributed by atoms with Crippen molar-refractivity contribution in [3.8, 4) is 0 Å². The predicted octanol–water partition coefficient (Wildman–Crippen LogP) is 0.843. The average molecular weight is 246 g/mol. The third kappa shape index (κ3) is 1.89. The van der Waals surface area contributed by atoms with Crippen LogP contribution in [-0.4, -0.2) is 51.3 Å². The highest BCUT2D eigenvalue weighted by atomic mass is 16.3. The summed E-state index contributed by atoms with van der Waals surface area (Å²) in [4.78, 5) is 11.4. The van der Waals surface area contributed by atoms with Gasteiger partial charge in [-0.25, -0.2) is 9.97 Å². The van der Waals surface area contributed by atoms with Crippen molar-refractivity contribution in [3.05, 3.63) is 24.2 Å². The van der Waals surface area contributed by atoms with Gasteiger partial charge in [-0.3, -0.25) is 0 Å². The number of likely N-dealkylation sites (tertiary alicyclic amines) is 1. The molecule has 0 aliphatic carbocycles. The molecule has 2 aromatic rings. The molecule has 1 N–H and O–H groups in total. The number of aliphatic hydroxyl groups excluding tert-OH is 1. The minimum absolute atomic E-state index is 0.131. The van der Waals surface area contributed by atoms with E-state index in [-0.39, 0.29) is 6.61 Å². The summed E-state index contributed by atoms with van der Waals surface area (Å²) in [6.45, 7) is 2.27. The maximum Gasteiger partial charge on any atom is 0.160 e. The Morgan fingerprint density at radius 1 is 1.50 bits per heavy atom. The molecule has 1 aliphatic heterocycles. The SMILES string of the molecule is CN1CCC(n2c(CCO)nc3cccnc32)C1. The first-order valence-electron chi connectivity index (χ1n) is 6.41. The van der Waals surface area contributed by atoms with E-state index in [0.29, 0.717) is 12.5 Å². The Balaban J connectivity index is 2.09. The molecule has 0 radical (unpaired) electrons. The Bertz CT molecular complexity index is 551. The number of pyridine rings is 1. The van der Waals surface area contributed by atoms with Crippen LogP contribution in [0.4, 0.5) is 0 Å². The van der Waals surface area contributed by atoms with E-state index in [0.717, 1.165) is 36.5 Å². The molecule has 18 heavy (non-hydrogen) atoms. The minimum atomic E-state index is 0.131. The first kappa shape index (κ1) is 11.6. The molecule has 0 amide bonds. The van der Waals surface area contributed by atoms with E-state index >= 15 is 0 Å². The van der Waals surface area contributed by atoms with Gasteiger partial charge in [0.15, 0.2) is 5.65 Å². The Labute approximate surface area is 106 Å². The number of nitrogens with zero attached hydrogens (tertiary/aromatic N) is 4. The van der Waals surface area contributed by atoms with Gasteiger partial charge in [0, 0.05) is 19.2 Å². The molecule has 3 rings (SSSR count). The monoisotopic (exact) mass is 246 g/mol. The zero-order valence-corrected chi connectivity index (χ0v) is 10.6. The summed E-state index contributed by atoms with van der Waals surface area (Å²) in [5, 5.41) is 9.18. The molecule has 1 atom stereocenters. The van der Waals surface area contributed by atoms with Crippen LogP contribution in [0, 0.1) is 0 Å². The van der Waals surface area contributed by atoms with Gasteiger partial charge in [-0.1, -0.05) is 0 Å². The van der Waals surface area contributed by atoms with Crippen LogP contribution in [0.1, 0.15) is 18.3 Å². The van der Waals surface area contributed by atoms with Gasteiger partial charge in [0.2, 0.25) is 0 Å². The van der Waals surface area contributed by atoms with Crippen LogP contribution in [0.5, 0.6) is 0 Å². The van der Waals surface area contributed by atoms with Gasteiger partial charge in [-0.2, -0.15) is 0 Å². The Kier molecular flexibility index (Phi) is 3.01. The number of imidazole rings is 1. The largest absolute Gasteiger partial charge is 0.396 e. The Morgan fingerprint density at radius 3 is 3.11 bits per heavy atom. The van der Waals surface area contributed by atoms with Gasteiger partial charge in [0.1, 0.15) is 11.3 Å². The molecule has 1 saturated heterocycles. The lowest BCUT2D eigenvalue weighted by Crippen LogP contribution is -2.18. The average Bonchev–Trinajstić information content (AvgIpc) is 2.92. The van der Waals surface area contributed by atoms with Crippen molar-refractivity contribution < 1.29 is 5.11 Å². The van der Waals surface area contributed by atoms with Crippen molar-refractivity contribution in [2.75, 3.05) is 26.7 Å². The first-order chi connectivity index (χ1) is 8.79. The normalized spacial score (nSPS) is 20.9. The van der Waals surface area contributed by atoms with Crippen LogP contribution < -0.4 is 0 Å². The lowest BCUT2D eigenvalue weighted by Gasteiger charge is -2.15. The van der Waals surface area contributed by atoms with E-state index < -0.39 is 0 Å². The van der Waals surface area contributed by atoms with E-state index in [9.17, 15) is 5.11 Å². The molecule has 0 saturated carbocycles. The summed E-state index contributed by atoms with van der Waals surface area (Å²) in [6.07, 6.45) is 3.52. The van der Waals surface area contributed by atoms with Crippen LogP contribution >= 0.6 is 0 Å². The summed E-state index contributed by atoms with van der Waals surface area (Å²) < 4.78 is 2.22. The highest BCUT2D eigenvalue weighted by Crippen LogP contribution is 2.26. The van der Waals surface area contributed by atoms with Crippen molar-refractivity contribution in [1.82, 2.24) is 19.4 Å². The van der Waals surface area contributed by atoms with Crippen molar-refractivity contribution in [1.29, 1.82) is 0 Å². The molecule has 1 fully saturated rings. The van der Waals surface area contributed by atoms with Gasteiger partial charge < -0.3 is 14.6 Å². The number of aliphatic hydroxyl groups is 1. The zero-order chi connectivity index (χ0) is 12.5. The lowest BCUT2D eigenvalue weighted by atomic mass is 10.2. The molecular weight excluding hydrogens is 228 g/mol. The predicted molar refractivity (Wildman–Crippen MR) is 69.5 cm³/mol. The molecule has 1 aliphatic rings. The summed E-state index contributed by atoms with van der Waals surface area (Å²) in [6, 6.07) is 4.32. The fourth-order valence-electron chi connectivity index (χ4n) is 2.76. The minimum Gasteiger partial charge on any atom is -0.396 e. The summed E-state index contributed by atoms with van der Waals surface area (Å²) >= 11 is 0. The van der Waals surface area contributed by atoms with Crippen LogP contribution in [-0.2, 0) is 6.42 Å². The highest BCUT2D eigenvalue weighted by molar-refractivity contribution is 5.71. The number of hydrogen-bond donors (Lipinski definition) is 1. The Hall–Kier alpha value is -1.46. The molecule has 0 bridgehead atoms. The molecule has 3 heterocycles. The number of fused-ring (bicyclic) bond motifs is 1. The second kappa shape index (κ2) is 4.66. The van der Waals surface area contributed by atoms with Crippen LogP contribution in [0.3, 0.4) is 0 Å². The summed E-state index contributed by atoms with van der Waals surface area (Å²) in [5.74, 6) is 0.950. The van der Waals surface area contributed by atoms with Gasteiger partial charge in [-0.15, -0.1) is 0 Å². The summed E-state index contributed by atoms with van der Waals surface area (Å²) in [7, 11) is 2.14. The van der Waals surface area contributed by atoms with Gasteiger partial charge in [-0.05, 0) is 32.1 Å². The fourth-order valence-corrected chi connectivity index (χ4v) is 2.76. The van der Waals surface area contributed by atoms with Crippen LogP contribution in [0.2, 0.25) is 0 Å². The molecule has 1 unspecified atom stereocenters. The third-order valence-corrected chi connectivity index (χ3v) is 3.59. The van der Waals surface area contributed by atoms with E-state index in [1.807, 2.05) is 18.3 Å². The third-order valence-electron chi connectivity index (χ3n) is 3.59. The standard InChI is InChI=1S/C13H18N4O/c1-16-7-4-10(9-16)17-12(5-8-18)15-11-3-2-6-14-13(11)17/h2-3,6,10,18H,4-5,7-9H2,1H3. The van der Waals surface area contributed by atoms with Crippen LogP contribution in [0.15, 0.2) is 18.3 Å². The van der Waals surface area contributed by atoms with Crippen molar-refractivity contribution in [3.63, 3.8) is 0 Å². The van der Waals surface area contributed by atoms with E-state index in [1.54, 1.807) is 0 Å². The quantitative estimate of drug-likeness (QED) is 0.872. The van der Waals surface area contributed by atoms with Gasteiger partial charge >= 0.3 is 0 Å². The maximum atomic E-state index is 9.18. The maximum absolute atomic E-state index is 9.18. The molecular formula is C13H18N4O. The van der Waals surface area contributed by atoms with Gasteiger partial charge in [0.05, 0.1) is 12.6 Å². The molecule has 5 nitrogen and oxygen atoms in total. The van der Waals surface area contributed by atoms with E-state index in [1.165, 1.54) is 0 Å².